The lowest BCUT2D eigenvalue weighted by atomic mass is 10.0. The quantitative estimate of drug-likeness (QED) is 0.852. The Morgan fingerprint density at radius 1 is 1.35 bits per heavy atom. The van der Waals surface area contributed by atoms with Crippen molar-refractivity contribution in [2.75, 3.05) is 6.54 Å². The van der Waals surface area contributed by atoms with E-state index in [9.17, 15) is 0 Å². The second kappa shape index (κ2) is 7.41. The Balaban J connectivity index is 2.22. The number of hydrogen-bond acceptors (Lipinski definition) is 3. The van der Waals surface area contributed by atoms with Crippen molar-refractivity contribution >= 4 is 11.6 Å². The Labute approximate surface area is 125 Å². The predicted octanol–water partition coefficient (Wildman–Crippen LogP) is 3.23. The SMILES string of the molecule is CCCNC(Cc1nccn1CC)c1ccncc1Cl. The molecule has 0 fully saturated rings. The predicted molar refractivity (Wildman–Crippen MR) is 81.9 cm³/mol. The van der Waals surface area contributed by atoms with Gasteiger partial charge in [-0.05, 0) is 31.5 Å². The lowest BCUT2D eigenvalue weighted by molar-refractivity contribution is 0.506. The van der Waals surface area contributed by atoms with Crippen molar-refractivity contribution in [3.63, 3.8) is 0 Å². The molecule has 0 aliphatic heterocycles. The second-order valence-electron chi connectivity index (χ2n) is 4.74. The maximum Gasteiger partial charge on any atom is 0.110 e. The van der Waals surface area contributed by atoms with Crippen LogP contribution in [0.15, 0.2) is 30.9 Å². The highest BCUT2D eigenvalue weighted by atomic mass is 35.5. The number of rotatable bonds is 7. The summed E-state index contributed by atoms with van der Waals surface area (Å²) in [4.78, 5) is 8.51. The zero-order valence-corrected chi connectivity index (χ0v) is 12.8. The summed E-state index contributed by atoms with van der Waals surface area (Å²) in [5.74, 6) is 1.08. The molecule has 2 rings (SSSR count). The van der Waals surface area contributed by atoms with Crippen molar-refractivity contribution in [2.24, 2.45) is 0 Å². The van der Waals surface area contributed by atoms with Gasteiger partial charge in [-0.15, -0.1) is 0 Å². The number of aryl methyl sites for hydroxylation is 1. The second-order valence-corrected chi connectivity index (χ2v) is 5.14. The van der Waals surface area contributed by atoms with Crippen LogP contribution in [0.5, 0.6) is 0 Å². The average molecular weight is 293 g/mol. The summed E-state index contributed by atoms with van der Waals surface area (Å²) in [5.41, 5.74) is 1.08. The molecular weight excluding hydrogens is 272 g/mol. The normalized spacial score (nSPS) is 12.6. The maximum absolute atomic E-state index is 6.28. The minimum Gasteiger partial charge on any atom is -0.335 e. The van der Waals surface area contributed by atoms with Crippen LogP contribution in [0.1, 0.15) is 37.7 Å². The zero-order valence-electron chi connectivity index (χ0n) is 12.0. The summed E-state index contributed by atoms with van der Waals surface area (Å²) in [6.45, 7) is 6.17. The van der Waals surface area contributed by atoms with Crippen LogP contribution in [-0.4, -0.2) is 21.1 Å². The first-order valence-corrected chi connectivity index (χ1v) is 7.46. The summed E-state index contributed by atoms with van der Waals surface area (Å²) >= 11 is 6.28. The van der Waals surface area contributed by atoms with E-state index in [1.54, 1.807) is 12.4 Å². The molecule has 0 saturated heterocycles. The van der Waals surface area contributed by atoms with Crippen LogP contribution in [0, 0.1) is 0 Å². The first kappa shape index (κ1) is 15.0. The third-order valence-corrected chi connectivity index (χ3v) is 3.66. The lowest BCUT2D eigenvalue weighted by Crippen LogP contribution is -2.25. The largest absolute Gasteiger partial charge is 0.335 e. The van der Waals surface area contributed by atoms with Crippen LogP contribution >= 0.6 is 11.6 Å². The van der Waals surface area contributed by atoms with Gasteiger partial charge in [-0.25, -0.2) is 4.98 Å². The molecule has 20 heavy (non-hydrogen) atoms. The molecule has 1 N–H and O–H groups in total. The highest BCUT2D eigenvalue weighted by molar-refractivity contribution is 6.31. The van der Waals surface area contributed by atoms with Gasteiger partial charge in [-0.3, -0.25) is 4.98 Å². The molecule has 0 radical (unpaired) electrons. The summed E-state index contributed by atoms with van der Waals surface area (Å²) in [6, 6.07) is 2.15. The molecule has 1 unspecified atom stereocenters. The molecule has 0 aromatic carbocycles. The Bertz CT molecular complexity index is 538. The van der Waals surface area contributed by atoms with Crippen LogP contribution in [0.2, 0.25) is 5.02 Å². The van der Waals surface area contributed by atoms with Gasteiger partial charge in [0.15, 0.2) is 0 Å². The first-order valence-electron chi connectivity index (χ1n) is 7.09. The van der Waals surface area contributed by atoms with Gasteiger partial charge in [-0.1, -0.05) is 18.5 Å². The van der Waals surface area contributed by atoms with Crippen LogP contribution in [0.4, 0.5) is 0 Å². The smallest absolute Gasteiger partial charge is 0.110 e. The number of hydrogen-bond donors (Lipinski definition) is 1. The van der Waals surface area contributed by atoms with Crippen molar-refractivity contribution in [3.05, 3.63) is 47.3 Å². The van der Waals surface area contributed by atoms with E-state index < -0.39 is 0 Å². The van der Waals surface area contributed by atoms with Gasteiger partial charge in [0.25, 0.3) is 0 Å². The van der Waals surface area contributed by atoms with Gasteiger partial charge in [0.05, 0.1) is 5.02 Å². The monoisotopic (exact) mass is 292 g/mol. The van der Waals surface area contributed by atoms with Crippen molar-refractivity contribution in [1.82, 2.24) is 19.9 Å². The van der Waals surface area contributed by atoms with Gasteiger partial charge >= 0.3 is 0 Å². The minimum atomic E-state index is 0.165. The number of imidazole rings is 1. The number of aromatic nitrogens is 3. The first-order chi connectivity index (χ1) is 9.76. The van der Waals surface area contributed by atoms with Crippen LogP contribution in [-0.2, 0) is 13.0 Å². The zero-order chi connectivity index (χ0) is 14.4. The van der Waals surface area contributed by atoms with E-state index in [0.717, 1.165) is 37.3 Å². The fourth-order valence-electron chi connectivity index (χ4n) is 2.28. The van der Waals surface area contributed by atoms with Gasteiger partial charge in [0.1, 0.15) is 5.82 Å². The van der Waals surface area contributed by atoms with E-state index in [0.29, 0.717) is 5.02 Å². The third-order valence-electron chi connectivity index (χ3n) is 3.35. The molecule has 0 aliphatic carbocycles. The number of halogens is 1. The summed E-state index contributed by atoms with van der Waals surface area (Å²) < 4.78 is 2.16. The summed E-state index contributed by atoms with van der Waals surface area (Å²) in [6.07, 6.45) is 9.26. The van der Waals surface area contributed by atoms with Gasteiger partial charge < -0.3 is 9.88 Å². The molecule has 0 saturated carbocycles. The molecule has 0 bridgehead atoms. The molecule has 108 valence electrons. The fraction of sp³-hybridized carbons (Fsp3) is 0.467. The summed E-state index contributed by atoms with van der Waals surface area (Å²) in [7, 11) is 0. The number of nitrogens with zero attached hydrogens (tertiary/aromatic N) is 3. The fourth-order valence-corrected chi connectivity index (χ4v) is 2.53. The molecule has 2 aromatic heterocycles. The average Bonchev–Trinajstić information content (AvgIpc) is 2.91. The van der Waals surface area contributed by atoms with Crippen LogP contribution in [0.25, 0.3) is 0 Å². The van der Waals surface area contributed by atoms with E-state index >= 15 is 0 Å². The maximum atomic E-state index is 6.28. The topological polar surface area (TPSA) is 42.7 Å². The molecule has 2 heterocycles. The molecular formula is C15H21ClN4. The lowest BCUT2D eigenvalue weighted by Gasteiger charge is -2.20. The van der Waals surface area contributed by atoms with Gasteiger partial charge in [-0.2, -0.15) is 0 Å². The van der Waals surface area contributed by atoms with Crippen LogP contribution in [0.3, 0.4) is 0 Å². The highest BCUT2D eigenvalue weighted by Gasteiger charge is 2.17. The van der Waals surface area contributed by atoms with Crippen molar-refractivity contribution in [2.45, 2.75) is 39.3 Å². The van der Waals surface area contributed by atoms with E-state index in [1.807, 2.05) is 18.5 Å². The molecule has 2 aromatic rings. The minimum absolute atomic E-state index is 0.165. The Morgan fingerprint density at radius 2 is 2.20 bits per heavy atom. The number of nitrogens with one attached hydrogen (secondary N) is 1. The van der Waals surface area contributed by atoms with Crippen LogP contribution < -0.4 is 5.32 Å². The van der Waals surface area contributed by atoms with E-state index in [-0.39, 0.29) is 6.04 Å². The summed E-state index contributed by atoms with van der Waals surface area (Å²) in [5, 5.41) is 4.25. The molecule has 1 atom stereocenters. The molecule has 5 heteroatoms. The van der Waals surface area contributed by atoms with Gasteiger partial charge in [0.2, 0.25) is 0 Å². The van der Waals surface area contributed by atoms with Crippen molar-refractivity contribution < 1.29 is 0 Å². The standard InChI is InChI=1S/C15H21ClN4/c1-3-6-18-14(12-5-7-17-11-13(12)16)10-15-19-8-9-20(15)4-2/h5,7-9,11,14,18H,3-4,6,10H2,1-2H3. The van der Waals surface area contributed by atoms with Crippen molar-refractivity contribution in [3.8, 4) is 0 Å². The highest BCUT2D eigenvalue weighted by Crippen LogP contribution is 2.24. The molecule has 4 nitrogen and oxygen atoms in total. The molecule has 0 aliphatic rings. The van der Waals surface area contributed by atoms with E-state index in [4.69, 9.17) is 11.6 Å². The third kappa shape index (κ3) is 3.58. The Hall–Kier alpha value is -1.39. The Morgan fingerprint density at radius 3 is 2.90 bits per heavy atom. The molecule has 0 amide bonds. The Kier molecular flexibility index (Phi) is 5.56. The van der Waals surface area contributed by atoms with E-state index in [2.05, 4.69) is 33.7 Å². The van der Waals surface area contributed by atoms with Crippen molar-refractivity contribution in [1.29, 1.82) is 0 Å². The van der Waals surface area contributed by atoms with E-state index in [1.165, 1.54) is 0 Å². The molecule has 0 spiro atoms. The number of pyridine rings is 1. The van der Waals surface area contributed by atoms with Gasteiger partial charge in [0, 0.05) is 43.8 Å².